The Kier molecular flexibility index (Phi) is 4.67. The fraction of sp³-hybridized carbons (Fsp3) is 0.316. The number of ether oxygens (including phenoxy) is 1. The molecule has 4 nitrogen and oxygen atoms in total. The number of urea groups is 1. The number of amides is 2. The van der Waals surface area contributed by atoms with Gasteiger partial charge in [-0.15, -0.1) is 0 Å². The molecular formula is C19H21ClN2O2. The molecule has 24 heavy (non-hydrogen) atoms. The third-order valence-electron chi connectivity index (χ3n) is 4.62. The van der Waals surface area contributed by atoms with Gasteiger partial charge in [-0.25, -0.2) is 4.79 Å². The van der Waals surface area contributed by atoms with E-state index in [1.165, 1.54) is 0 Å². The average Bonchev–Trinajstić information content (AvgIpc) is 2.55. The number of halogens is 1. The summed E-state index contributed by atoms with van der Waals surface area (Å²) < 4.78 is 5.31. The normalized spacial score (nSPS) is 15.3. The molecule has 0 unspecified atom stereocenters. The summed E-state index contributed by atoms with van der Waals surface area (Å²) in [5.41, 5.74) is 2.36. The molecular weight excluding hydrogens is 324 g/mol. The molecule has 0 spiro atoms. The lowest BCUT2D eigenvalue weighted by molar-refractivity contribution is 0.185. The van der Waals surface area contributed by atoms with Gasteiger partial charge in [0.25, 0.3) is 0 Å². The van der Waals surface area contributed by atoms with Crippen LogP contribution in [0.25, 0.3) is 0 Å². The number of carbonyl (C=O) groups is 1. The van der Waals surface area contributed by atoms with Crippen LogP contribution in [-0.2, 0) is 5.54 Å². The number of nitrogens with one attached hydrogen (secondary N) is 2. The molecule has 0 aliphatic heterocycles. The Morgan fingerprint density at radius 3 is 2.50 bits per heavy atom. The number of rotatable bonds is 4. The summed E-state index contributed by atoms with van der Waals surface area (Å²) in [6.07, 6.45) is 3.00. The largest absolute Gasteiger partial charge is 0.495 e. The predicted octanol–water partition coefficient (Wildman–Crippen LogP) is 4.86. The maximum absolute atomic E-state index is 12.5. The zero-order chi connectivity index (χ0) is 17.2. The van der Waals surface area contributed by atoms with Gasteiger partial charge in [0.2, 0.25) is 0 Å². The van der Waals surface area contributed by atoms with Gasteiger partial charge in [-0.3, -0.25) is 0 Å². The highest BCUT2D eigenvalue weighted by Crippen LogP contribution is 2.41. The molecule has 1 saturated carbocycles. The van der Waals surface area contributed by atoms with Crippen LogP contribution in [0.1, 0.15) is 30.4 Å². The third kappa shape index (κ3) is 3.20. The summed E-state index contributed by atoms with van der Waals surface area (Å²) in [5, 5.41) is 6.64. The van der Waals surface area contributed by atoms with Gasteiger partial charge in [-0.1, -0.05) is 41.9 Å². The van der Waals surface area contributed by atoms with Gasteiger partial charge < -0.3 is 15.4 Å². The van der Waals surface area contributed by atoms with Gasteiger partial charge in [0.1, 0.15) is 5.75 Å². The molecule has 5 heteroatoms. The van der Waals surface area contributed by atoms with Gasteiger partial charge in [-0.2, -0.15) is 0 Å². The maximum Gasteiger partial charge on any atom is 0.320 e. The first-order chi connectivity index (χ1) is 11.5. The zero-order valence-corrected chi connectivity index (χ0v) is 14.6. The minimum atomic E-state index is -0.278. The molecule has 1 aliphatic rings. The fourth-order valence-electron chi connectivity index (χ4n) is 3.07. The highest BCUT2D eigenvalue weighted by Gasteiger charge is 2.40. The van der Waals surface area contributed by atoms with Crippen molar-refractivity contribution in [1.82, 2.24) is 5.32 Å². The van der Waals surface area contributed by atoms with Crippen molar-refractivity contribution in [3.05, 3.63) is 58.6 Å². The number of hydrogen-bond acceptors (Lipinski definition) is 2. The zero-order valence-electron chi connectivity index (χ0n) is 13.9. The van der Waals surface area contributed by atoms with E-state index in [1.807, 2.05) is 31.2 Å². The minimum absolute atomic E-state index is 0.237. The first kappa shape index (κ1) is 16.7. The summed E-state index contributed by atoms with van der Waals surface area (Å²) in [7, 11) is 1.56. The standard InChI is InChI=1S/C19H21ClN2O2/c1-13-11-16(17(24-2)12-15(13)20)21-18(23)22-19(9-6-10-19)14-7-4-3-5-8-14/h3-5,7-8,11-12H,6,9-10H2,1-2H3,(H2,21,22,23). The Bertz CT molecular complexity index is 743. The Hall–Kier alpha value is -2.20. The van der Waals surface area contributed by atoms with Crippen molar-refractivity contribution in [2.45, 2.75) is 31.7 Å². The second kappa shape index (κ2) is 6.73. The van der Waals surface area contributed by atoms with Gasteiger partial charge in [0.05, 0.1) is 18.3 Å². The second-order valence-electron chi connectivity index (χ2n) is 6.18. The van der Waals surface area contributed by atoms with E-state index < -0.39 is 0 Å². The smallest absolute Gasteiger partial charge is 0.320 e. The number of aryl methyl sites for hydroxylation is 1. The van der Waals surface area contributed by atoms with Crippen molar-refractivity contribution in [2.24, 2.45) is 0 Å². The number of methoxy groups -OCH3 is 1. The highest BCUT2D eigenvalue weighted by molar-refractivity contribution is 6.31. The Balaban J connectivity index is 1.77. The monoisotopic (exact) mass is 344 g/mol. The summed E-state index contributed by atoms with van der Waals surface area (Å²) in [4.78, 5) is 12.5. The molecule has 0 aromatic heterocycles. The number of hydrogen-bond donors (Lipinski definition) is 2. The van der Waals surface area contributed by atoms with Crippen LogP contribution >= 0.6 is 11.6 Å². The van der Waals surface area contributed by atoms with Gasteiger partial charge in [-0.05, 0) is 43.4 Å². The number of benzene rings is 2. The van der Waals surface area contributed by atoms with Crippen molar-refractivity contribution in [2.75, 3.05) is 12.4 Å². The van der Waals surface area contributed by atoms with Gasteiger partial charge in [0, 0.05) is 11.1 Å². The first-order valence-electron chi connectivity index (χ1n) is 8.03. The van der Waals surface area contributed by atoms with E-state index in [0.29, 0.717) is 16.5 Å². The Labute approximate surface area is 147 Å². The summed E-state index contributed by atoms with van der Waals surface area (Å²) in [6, 6.07) is 13.4. The van der Waals surface area contributed by atoms with E-state index in [1.54, 1.807) is 13.2 Å². The molecule has 0 bridgehead atoms. The van der Waals surface area contributed by atoms with Crippen molar-refractivity contribution in [3.8, 4) is 5.75 Å². The predicted molar refractivity (Wildman–Crippen MR) is 96.9 cm³/mol. The van der Waals surface area contributed by atoms with Crippen molar-refractivity contribution < 1.29 is 9.53 Å². The van der Waals surface area contributed by atoms with Crippen molar-refractivity contribution in [1.29, 1.82) is 0 Å². The van der Waals surface area contributed by atoms with Crippen molar-refractivity contribution >= 4 is 23.3 Å². The minimum Gasteiger partial charge on any atom is -0.495 e. The maximum atomic E-state index is 12.5. The lowest BCUT2D eigenvalue weighted by Crippen LogP contribution is -2.52. The highest BCUT2D eigenvalue weighted by atomic mass is 35.5. The lowest BCUT2D eigenvalue weighted by atomic mass is 9.72. The molecule has 3 rings (SSSR count). The molecule has 1 aliphatic carbocycles. The van der Waals surface area contributed by atoms with E-state index in [4.69, 9.17) is 16.3 Å². The number of carbonyl (C=O) groups excluding carboxylic acids is 1. The third-order valence-corrected chi connectivity index (χ3v) is 5.02. The molecule has 126 valence electrons. The number of anilines is 1. The van der Waals surface area contributed by atoms with E-state index >= 15 is 0 Å². The van der Waals surface area contributed by atoms with Gasteiger partial charge in [0.15, 0.2) is 0 Å². The first-order valence-corrected chi connectivity index (χ1v) is 8.41. The van der Waals surface area contributed by atoms with Crippen LogP contribution in [0.3, 0.4) is 0 Å². The fourth-order valence-corrected chi connectivity index (χ4v) is 3.23. The Morgan fingerprint density at radius 1 is 1.21 bits per heavy atom. The average molecular weight is 345 g/mol. The molecule has 2 aromatic rings. The van der Waals surface area contributed by atoms with Crippen LogP contribution in [0.15, 0.2) is 42.5 Å². The molecule has 2 amide bonds. The van der Waals surface area contributed by atoms with Crippen LogP contribution in [0.5, 0.6) is 5.75 Å². The molecule has 2 N–H and O–H groups in total. The molecule has 0 saturated heterocycles. The molecule has 1 fully saturated rings. The summed E-state index contributed by atoms with van der Waals surface area (Å²) >= 11 is 6.11. The molecule has 0 radical (unpaired) electrons. The van der Waals surface area contributed by atoms with E-state index in [2.05, 4.69) is 22.8 Å². The van der Waals surface area contributed by atoms with Crippen LogP contribution in [-0.4, -0.2) is 13.1 Å². The topological polar surface area (TPSA) is 50.4 Å². The van der Waals surface area contributed by atoms with Crippen LogP contribution < -0.4 is 15.4 Å². The van der Waals surface area contributed by atoms with E-state index in [-0.39, 0.29) is 11.6 Å². The molecule has 0 heterocycles. The molecule has 0 atom stereocenters. The van der Waals surface area contributed by atoms with Gasteiger partial charge >= 0.3 is 6.03 Å². The summed E-state index contributed by atoms with van der Waals surface area (Å²) in [5.74, 6) is 0.545. The quantitative estimate of drug-likeness (QED) is 0.832. The molecule has 2 aromatic carbocycles. The van der Waals surface area contributed by atoms with E-state index in [0.717, 1.165) is 30.4 Å². The Morgan fingerprint density at radius 2 is 1.92 bits per heavy atom. The second-order valence-corrected chi connectivity index (χ2v) is 6.59. The van der Waals surface area contributed by atoms with Crippen molar-refractivity contribution in [3.63, 3.8) is 0 Å². The van der Waals surface area contributed by atoms with Crippen LogP contribution in [0.2, 0.25) is 5.02 Å². The van der Waals surface area contributed by atoms with Crippen LogP contribution in [0, 0.1) is 6.92 Å². The van der Waals surface area contributed by atoms with Crippen LogP contribution in [0.4, 0.5) is 10.5 Å². The van der Waals surface area contributed by atoms with E-state index in [9.17, 15) is 4.79 Å². The summed E-state index contributed by atoms with van der Waals surface area (Å²) in [6.45, 7) is 1.89. The lowest BCUT2D eigenvalue weighted by Gasteiger charge is -2.43. The SMILES string of the molecule is COc1cc(Cl)c(C)cc1NC(=O)NC1(c2ccccc2)CCC1.